The minimum Gasteiger partial charge on any atom is -0.493 e. The van der Waals surface area contributed by atoms with Gasteiger partial charge in [0.15, 0.2) is 5.75 Å². The van der Waals surface area contributed by atoms with E-state index < -0.39 is 5.60 Å². The number of aliphatic hydroxyl groups is 1. The minimum atomic E-state index is -1.22. The Morgan fingerprint density at radius 3 is 2.78 bits per heavy atom. The number of ether oxygens (including phenoxy) is 1. The van der Waals surface area contributed by atoms with E-state index in [0.717, 1.165) is 19.3 Å². The molecule has 0 aliphatic heterocycles. The zero-order valence-corrected chi connectivity index (χ0v) is 11.0. The third kappa shape index (κ3) is 2.14. The van der Waals surface area contributed by atoms with Crippen molar-refractivity contribution in [2.75, 3.05) is 7.11 Å². The molecule has 1 aromatic rings. The van der Waals surface area contributed by atoms with E-state index in [2.05, 4.69) is 5.10 Å². The van der Waals surface area contributed by atoms with Gasteiger partial charge < -0.3 is 9.84 Å². The van der Waals surface area contributed by atoms with E-state index in [4.69, 9.17) is 4.74 Å². The lowest BCUT2D eigenvalue weighted by atomic mass is 9.94. The van der Waals surface area contributed by atoms with Gasteiger partial charge in [0.1, 0.15) is 11.3 Å². The van der Waals surface area contributed by atoms with Gasteiger partial charge in [0, 0.05) is 6.54 Å². The summed E-state index contributed by atoms with van der Waals surface area (Å²) in [7, 11) is 1.52. The first kappa shape index (κ1) is 13.1. The second kappa shape index (κ2) is 5.10. The van der Waals surface area contributed by atoms with Gasteiger partial charge in [-0.1, -0.05) is 6.92 Å². The van der Waals surface area contributed by atoms with Crippen molar-refractivity contribution >= 4 is 5.78 Å². The van der Waals surface area contributed by atoms with E-state index in [0.29, 0.717) is 30.8 Å². The van der Waals surface area contributed by atoms with Crippen molar-refractivity contribution in [2.24, 2.45) is 0 Å². The molecule has 0 atom stereocenters. The molecule has 5 nitrogen and oxygen atoms in total. The average Bonchev–Trinajstić information content (AvgIpc) is 2.96. The zero-order valence-electron chi connectivity index (χ0n) is 11.0. The number of ketones is 1. The molecule has 1 aliphatic carbocycles. The first-order chi connectivity index (χ1) is 8.62. The molecule has 0 aromatic carbocycles. The van der Waals surface area contributed by atoms with E-state index in [1.165, 1.54) is 7.11 Å². The highest BCUT2D eigenvalue weighted by atomic mass is 16.5. The molecule has 18 heavy (non-hydrogen) atoms. The van der Waals surface area contributed by atoms with Crippen molar-refractivity contribution in [3.05, 3.63) is 11.9 Å². The Morgan fingerprint density at radius 2 is 2.22 bits per heavy atom. The lowest BCUT2D eigenvalue weighted by molar-refractivity contribution is 0.0339. The largest absolute Gasteiger partial charge is 0.493 e. The first-order valence-corrected chi connectivity index (χ1v) is 6.49. The van der Waals surface area contributed by atoms with Crippen LogP contribution < -0.4 is 4.74 Å². The number of hydrogen-bond acceptors (Lipinski definition) is 4. The van der Waals surface area contributed by atoms with Crippen molar-refractivity contribution in [2.45, 2.75) is 51.2 Å². The summed E-state index contributed by atoms with van der Waals surface area (Å²) in [6.07, 6.45) is 5.28. The molecule has 2 rings (SSSR count). The normalized spacial score (nSPS) is 17.9. The summed E-state index contributed by atoms with van der Waals surface area (Å²) < 4.78 is 6.82. The molecular formula is C13H20N2O3. The molecule has 0 unspecified atom stereocenters. The molecule has 0 spiro atoms. The minimum absolute atomic E-state index is 0.247. The zero-order chi connectivity index (χ0) is 13.2. The van der Waals surface area contributed by atoms with E-state index in [1.807, 2.05) is 6.92 Å². The number of carbonyl (C=O) groups is 1. The maximum absolute atomic E-state index is 12.5. The molecule has 1 fully saturated rings. The molecule has 1 saturated carbocycles. The van der Waals surface area contributed by atoms with Crippen LogP contribution in [0.15, 0.2) is 6.20 Å². The summed E-state index contributed by atoms with van der Waals surface area (Å²) in [6, 6.07) is 0. The first-order valence-electron chi connectivity index (χ1n) is 6.49. The van der Waals surface area contributed by atoms with Crippen LogP contribution >= 0.6 is 0 Å². The average molecular weight is 252 g/mol. The molecule has 0 radical (unpaired) electrons. The van der Waals surface area contributed by atoms with Crippen molar-refractivity contribution in [1.29, 1.82) is 0 Å². The maximum atomic E-state index is 12.5. The fraction of sp³-hybridized carbons (Fsp3) is 0.692. The highest BCUT2D eigenvalue weighted by Gasteiger charge is 2.42. The summed E-state index contributed by atoms with van der Waals surface area (Å²) in [5, 5.41) is 14.6. The quantitative estimate of drug-likeness (QED) is 0.811. The smallest absolute Gasteiger partial charge is 0.216 e. The third-order valence-corrected chi connectivity index (χ3v) is 3.53. The van der Waals surface area contributed by atoms with Gasteiger partial charge in [-0.05, 0) is 32.1 Å². The van der Waals surface area contributed by atoms with Crippen molar-refractivity contribution in [3.8, 4) is 5.75 Å². The molecule has 1 aromatic heterocycles. The second-order valence-corrected chi connectivity index (χ2v) is 4.85. The van der Waals surface area contributed by atoms with Crippen molar-refractivity contribution in [1.82, 2.24) is 9.78 Å². The van der Waals surface area contributed by atoms with Gasteiger partial charge in [-0.2, -0.15) is 5.10 Å². The molecule has 1 aliphatic rings. The molecule has 1 N–H and O–H groups in total. The van der Waals surface area contributed by atoms with E-state index in [9.17, 15) is 9.90 Å². The highest BCUT2D eigenvalue weighted by molar-refractivity contribution is 6.03. The van der Waals surface area contributed by atoms with Gasteiger partial charge in [0.05, 0.1) is 13.3 Å². The standard InChI is InChI=1S/C13H20N2O3/c1-3-8-15-11(10(18-2)9-14-15)12(16)13(17)6-4-5-7-13/h9,17H,3-8H2,1-2H3. The lowest BCUT2D eigenvalue weighted by Gasteiger charge is -2.21. The monoisotopic (exact) mass is 252 g/mol. The Balaban J connectivity index is 2.36. The maximum Gasteiger partial charge on any atom is 0.216 e. The number of rotatable bonds is 5. The van der Waals surface area contributed by atoms with Gasteiger partial charge in [-0.25, -0.2) is 0 Å². The van der Waals surface area contributed by atoms with E-state index in [-0.39, 0.29) is 5.78 Å². The lowest BCUT2D eigenvalue weighted by Crippen LogP contribution is -2.37. The summed E-state index contributed by atoms with van der Waals surface area (Å²) in [5.41, 5.74) is -0.817. The van der Waals surface area contributed by atoms with Crippen LogP contribution in [-0.4, -0.2) is 33.4 Å². The van der Waals surface area contributed by atoms with E-state index >= 15 is 0 Å². The summed E-state index contributed by atoms with van der Waals surface area (Å²) in [5.74, 6) is 0.205. The Kier molecular flexibility index (Phi) is 3.71. The fourth-order valence-electron chi connectivity index (χ4n) is 2.54. The Hall–Kier alpha value is -1.36. The second-order valence-electron chi connectivity index (χ2n) is 4.85. The molecule has 100 valence electrons. The van der Waals surface area contributed by atoms with Crippen LogP contribution in [0.1, 0.15) is 49.5 Å². The summed E-state index contributed by atoms with van der Waals surface area (Å²) in [4.78, 5) is 12.5. The summed E-state index contributed by atoms with van der Waals surface area (Å²) >= 11 is 0. The van der Waals surface area contributed by atoms with Crippen molar-refractivity contribution in [3.63, 3.8) is 0 Å². The Morgan fingerprint density at radius 1 is 1.56 bits per heavy atom. The highest BCUT2D eigenvalue weighted by Crippen LogP contribution is 2.34. The van der Waals surface area contributed by atoms with Crippen LogP contribution in [0.3, 0.4) is 0 Å². The predicted molar refractivity (Wildman–Crippen MR) is 66.8 cm³/mol. The molecule has 0 amide bonds. The topological polar surface area (TPSA) is 64.4 Å². The van der Waals surface area contributed by atoms with Crippen LogP contribution in [0.4, 0.5) is 0 Å². The van der Waals surface area contributed by atoms with Crippen molar-refractivity contribution < 1.29 is 14.6 Å². The molecule has 1 heterocycles. The fourth-order valence-corrected chi connectivity index (χ4v) is 2.54. The van der Waals surface area contributed by atoms with Crippen LogP contribution in [0.25, 0.3) is 0 Å². The SMILES string of the molecule is CCCn1ncc(OC)c1C(=O)C1(O)CCCC1. The van der Waals surface area contributed by atoms with Gasteiger partial charge in [-0.15, -0.1) is 0 Å². The number of Topliss-reactive ketones (excluding diaryl/α,β-unsaturated/α-hetero) is 1. The molecule has 0 bridgehead atoms. The van der Waals surface area contributed by atoms with Gasteiger partial charge in [0.2, 0.25) is 5.78 Å². The van der Waals surface area contributed by atoms with Gasteiger partial charge in [-0.3, -0.25) is 9.48 Å². The molecule has 5 heteroatoms. The van der Waals surface area contributed by atoms with Crippen LogP contribution in [0.5, 0.6) is 5.75 Å². The number of aryl methyl sites for hydroxylation is 1. The van der Waals surface area contributed by atoms with E-state index in [1.54, 1.807) is 10.9 Å². The van der Waals surface area contributed by atoms with Gasteiger partial charge in [0.25, 0.3) is 0 Å². The number of hydrogen-bond donors (Lipinski definition) is 1. The molecule has 0 saturated heterocycles. The third-order valence-electron chi connectivity index (χ3n) is 3.53. The number of aromatic nitrogens is 2. The Labute approximate surface area is 107 Å². The summed E-state index contributed by atoms with van der Waals surface area (Å²) in [6.45, 7) is 2.67. The number of methoxy groups -OCH3 is 1. The Bertz CT molecular complexity index is 433. The number of nitrogens with zero attached hydrogens (tertiary/aromatic N) is 2. The van der Waals surface area contributed by atoms with Crippen LogP contribution in [-0.2, 0) is 6.54 Å². The number of carbonyl (C=O) groups excluding carboxylic acids is 1. The van der Waals surface area contributed by atoms with Crippen LogP contribution in [0, 0.1) is 0 Å². The predicted octanol–water partition coefficient (Wildman–Crippen LogP) is 1.79. The van der Waals surface area contributed by atoms with Gasteiger partial charge >= 0.3 is 0 Å². The van der Waals surface area contributed by atoms with Crippen LogP contribution in [0.2, 0.25) is 0 Å². The molecular weight excluding hydrogens is 232 g/mol.